The Kier molecular flexibility index (Phi) is 2.42. The molecular formula is C9H17NO2. The Bertz CT molecular complexity index is 183. The Labute approximate surface area is 73.5 Å². The average Bonchev–Trinajstić information content (AvgIpc) is 2.62. The number of nitrogens with one attached hydrogen (secondary N) is 1. The van der Waals surface area contributed by atoms with E-state index in [1.807, 2.05) is 6.92 Å². The lowest BCUT2D eigenvalue weighted by Crippen LogP contribution is -2.22. The normalized spacial score (nSPS) is 28.3. The molecule has 0 aliphatic carbocycles. The molecule has 0 aromatic carbocycles. The van der Waals surface area contributed by atoms with Crippen LogP contribution >= 0.6 is 0 Å². The highest BCUT2D eigenvalue weighted by molar-refractivity contribution is 5.80. The zero-order chi connectivity index (χ0) is 9.35. The van der Waals surface area contributed by atoms with Gasteiger partial charge in [-0.2, -0.15) is 0 Å². The molecule has 1 aliphatic rings. The molecule has 0 spiro atoms. The first-order chi connectivity index (χ1) is 5.46. The molecule has 1 rings (SSSR count). The van der Waals surface area contributed by atoms with Crippen molar-refractivity contribution in [3.8, 4) is 0 Å². The highest BCUT2D eigenvalue weighted by Gasteiger charge is 2.49. The molecule has 0 radical (unpaired) electrons. The third-order valence-electron chi connectivity index (χ3n) is 2.06. The molecule has 1 fully saturated rings. The fourth-order valence-corrected chi connectivity index (χ4v) is 1.32. The monoisotopic (exact) mass is 171 g/mol. The van der Waals surface area contributed by atoms with Gasteiger partial charge in [0.2, 0.25) is 0 Å². The molecule has 1 N–H and O–H groups in total. The first-order valence-electron chi connectivity index (χ1n) is 4.39. The van der Waals surface area contributed by atoms with Crippen molar-refractivity contribution in [3.05, 3.63) is 0 Å². The summed E-state index contributed by atoms with van der Waals surface area (Å²) < 4.78 is 4.89. The molecule has 0 saturated carbocycles. The number of rotatable bonds is 2. The summed E-state index contributed by atoms with van der Waals surface area (Å²) in [5, 5.41) is 3.12. The smallest absolute Gasteiger partial charge is 0.324 e. The first kappa shape index (κ1) is 9.52. The average molecular weight is 171 g/mol. The molecule has 2 atom stereocenters. The Balaban J connectivity index is 2.37. The lowest BCUT2D eigenvalue weighted by Gasteiger charge is -2.15. The molecule has 0 unspecified atom stereocenters. The van der Waals surface area contributed by atoms with Gasteiger partial charge in [-0.05, 0) is 12.3 Å². The van der Waals surface area contributed by atoms with Crippen LogP contribution in [0.25, 0.3) is 0 Å². The largest absolute Gasteiger partial charge is 0.465 e. The van der Waals surface area contributed by atoms with Crippen molar-refractivity contribution in [2.75, 3.05) is 6.61 Å². The van der Waals surface area contributed by atoms with E-state index in [9.17, 15) is 4.79 Å². The SMILES string of the molecule is CCOC(=O)[C@@H]1N[C@@H]1C(C)(C)C. The molecule has 1 heterocycles. The zero-order valence-electron chi connectivity index (χ0n) is 8.18. The summed E-state index contributed by atoms with van der Waals surface area (Å²) >= 11 is 0. The van der Waals surface area contributed by atoms with E-state index in [1.54, 1.807) is 0 Å². The molecule has 3 nitrogen and oxygen atoms in total. The summed E-state index contributed by atoms with van der Waals surface area (Å²) in [7, 11) is 0. The Morgan fingerprint density at radius 3 is 2.42 bits per heavy atom. The number of hydrogen-bond donors (Lipinski definition) is 1. The highest BCUT2D eigenvalue weighted by atomic mass is 16.5. The van der Waals surface area contributed by atoms with E-state index in [-0.39, 0.29) is 23.5 Å². The van der Waals surface area contributed by atoms with Crippen molar-refractivity contribution in [2.45, 2.75) is 39.8 Å². The van der Waals surface area contributed by atoms with Crippen LogP contribution in [-0.2, 0) is 9.53 Å². The molecule has 12 heavy (non-hydrogen) atoms. The van der Waals surface area contributed by atoms with Gasteiger partial charge in [-0.1, -0.05) is 20.8 Å². The Morgan fingerprint density at radius 1 is 1.50 bits per heavy atom. The number of carbonyl (C=O) groups is 1. The van der Waals surface area contributed by atoms with Crippen LogP contribution in [0.2, 0.25) is 0 Å². The maximum atomic E-state index is 11.2. The summed E-state index contributed by atoms with van der Waals surface area (Å²) in [4.78, 5) is 11.2. The molecule has 0 aromatic heterocycles. The summed E-state index contributed by atoms with van der Waals surface area (Å²) in [5.41, 5.74) is 0.150. The third kappa shape index (κ3) is 1.97. The molecule has 0 aromatic rings. The predicted octanol–water partition coefficient (Wildman–Crippen LogP) is 0.936. The van der Waals surface area contributed by atoms with Crippen molar-refractivity contribution < 1.29 is 9.53 Å². The second-order valence-electron chi connectivity index (χ2n) is 4.24. The van der Waals surface area contributed by atoms with Crippen LogP contribution in [0.15, 0.2) is 0 Å². The van der Waals surface area contributed by atoms with Crippen LogP contribution in [0, 0.1) is 5.41 Å². The van der Waals surface area contributed by atoms with Crippen LogP contribution in [-0.4, -0.2) is 24.7 Å². The van der Waals surface area contributed by atoms with E-state index in [1.165, 1.54) is 0 Å². The molecule has 0 bridgehead atoms. The van der Waals surface area contributed by atoms with E-state index in [0.717, 1.165) is 0 Å². The van der Waals surface area contributed by atoms with Crippen LogP contribution in [0.4, 0.5) is 0 Å². The summed E-state index contributed by atoms with van der Waals surface area (Å²) in [5.74, 6) is -0.113. The van der Waals surface area contributed by atoms with E-state index in [4.69, 9.17) is 4.74 Å². The van der Waals surface area contributed by atoms with Crippen LogP contribution < -0.4 is 5.32 Å². The maximum Gasteiger partial charge on any atom is 0.324 e. The van der Waals surface area contributed by atoms with Gasteiger partial charge in [0.05, 0.1) is 6.61 Å². The lowest BCUT2D eigenvalue weighted by atomic mass is 9.90. The quantitative estimate of drug-likeness (QED) is 0.497. The van der Waals surface area contributed by atoms with Gasteiger partial charge in [0, 0.05) is 6.04 Å². The third-order valence-corrected chi connectivity index (χ3v) is 2.06. The van der Waals surface area contributed by atoms with Crippen molar-refractivity contribution in [1.29, 1.82) is 0 Å². The summed E-state index contributed by atoms with van der Waals surface area (Å²) in [6.07, 6.45) is 0. The van der Waals surface area contributed by atoms with E-state index >= 15 is 0 Å². The minimum atomic E-state index is -0.113. The maximum absolute atomic E-state index is 11.2. The van der Waals surface area contributed by atoms with Crippen molar-refractivity contribution in [1.82, 2.24) is 5.32 Å². The second kappa shape index (κ2) is 3.05. The van der Waals surface area contributed by atoms with Crippen LogP contribution in [0.1, 0.15) is 27.7 Å². The topological polar surface area (TPSA) is 48.2 Å². The van der Waals surface area contributed by atoms with Gasteiger partial charge < -0.3 is 4.74 Å². The summed E-state index contributed by atoms with van der Waals surface area (Å²) in [6, 6.07) is 0.224. The first-order valence-corrected chi connectivity index (χ1v) is 4.39. The number of ether oxygens (including phenoxy) is 1. The van der Waals surface area contributed by atoms with Gasteiger partial charge in [0.25, 0.3) is 0 Å². The van der Waals surface area contributed by atoms with Gasteiger partial charge in [-0.25, -0.2) is 0 Å². The second-order valence-corrected chi connectivity index (χ2v) is 4.24. The minimum Gasteiger partial charge on any atom is -0.465 e. The van der Waals surface area contributed by atoms with Gasteiger partial charge in [0.15, 0.2) is 0 Å². The molecule has 70 valence electrons. The standard InChI is InChI=1S/C9H17NO2/c1-5-12-8(11)6-7(10-6)9(2,3)4/h6-7,10H,5H2,1-4H3/t6-,7+/m1/s1. The predicted molar refractivity (Wildman–Crippen MR) is 46.8 cm³/mol. The van der Waals surface area contributed by atoms with Crippen molar-refractivity contribution >= 4 is 5.97 Å². The molecule has 1 aliphatic heterocycles. The molecular weight excluding hydrogens is 154 g/mol. The van der Waals surface area contributed by atoms with E-state index in [2.05, 4.69) is 26.1 Å². The van der Waals surface area contributed by atoms with Crippen LogP contribution in [0.5, 0.6) is 0 Å². The fourth-order valence-electron chi connectivity index (χ4n) is 1.32. The number of hydrogen-bond acceptors (Lipinski definition) is 3. The fraction of sp³-hybridized carbons (Fsp3) is 0.889. The zero-order valence-corrected chi connectivity index (χ0v) is 8.18. The molecule has 1 saturated heterocycles. The van der Waals surface area contributed by atoms with Gasteiger partial charge in [-0.3, -0.25) is 10.1 Å². The van der Waals surface area contributed by atoms with Gasteiger partial charge >= 0.3 is 5.97 Å². The molecule has 3 heteroatoms. The van der Waals surface area contributed by atoms with Crippen molar-refractivity contribution in [2.24, 2.45) is 5.41 Å². The van der Waals surface area contributed by atoms with Gasteiger partial charge in [-0.15, -0.1) is 0 Å². The van der Waals surface area contributed by atoms with Crippen molar-refractivity contribution in [3.63, 3.8) is 0 Å². The number of esters is 1. The Morgan fingerprint density at radius 2 is 2.08 bits per heavy atom. The van der Waals surface area contributed by atoms with Gasteiger partial charge in [0.1, 0.15) is 6.04 Å². The highest BCUT2D eigenvalue weighted by Crippen LogP contribution is 2.31. The number of carbonyl (C=O) groups excluding carboxylic acids is 1. The van der Waals surface area contributed by atoms with Crippen LogP contribution in [0.3, 0.4) is 0 Å². The molecule has 0 amide bonds. The lowest BCUT2D eigenvalue weighted by molar-refractivity contribution is -0.142. The minimum absolute atomic E-state index is 0.0649. The Hall–Kier alpha value is -0.570. The van der Waals surface area contributed by atoms with E-state index in [0.29, 0.717) is 6.61 Å². The summed E-state index contributed by atoms with van der Waals surface area (Å²) in [6.45, 7) is 8.64. The van der Waals surface area contributed by atoms with E-state index < -0.39 is 0 Å².